The lowest BCUT2D eigenvalue weighted by Gasteiger charge is -2.12. The first-order valence-corrected chi connectivity index (χ1v) is 8.99. The molecule has 0 saturated heterocycles. The van der Waals surface area contributed by atoms with E-state index in [-0.39, 0.29) is 11.0 Å². The molecule has 2 aromatic heterocycles. The number of hydrogen-bond donors (Lipinski definition) is 2. The Morgan fingerprint density at radius 3 is 2.80 bits per heavy atom. The average Bonchev–Trinajstić information content (AvgIpc) is 3.24. The highest BCUT2D eigenvalue weighted by molar-refractivity contribution is 6.30. The number of hydrogen-bond acceptors (Lipinski definition) is 5. The molecule has 0 spiro atoms. The van der Waals surface area contributed by atoms with Gasteiger partial charge in [0.15, 0.2) is 17.0 Å². The SMILES string of the molecule is Oc1ccc(Cl)cc1CNc1nc(Cl)nc2c1ncn2C1CCCC1. The number of nitrogens with one attached hydrogen (secondary N) is 1. The maximum Gasteiger partial charge on any atom is 0.226 e. The fourth-order valence-electron chi connectivity index (χ4n) is 3.34. The van der Waals surface area contributed by atoms with Crippen molar-refractivity contribution in [3.63, 3.8) is 0 Å². The molecule has 0 amide bonds. The van der Waals surface area contributed by atoms with Crippen LogP contribution in [0.2, 0.25) is 10.3 Å². The summed E-state index contributed by atoms with van der Waals surface area (Å²) in [4.78, 5) is 13.1. The van der Waals surface area contributed by atoms with E-state index in [4.69, 9.17) is 23.2 Å². The van der Waals surface area contributed by atoms with E-state index >= 15 is 0 Å². The summed E-state index contributed by atoms with van der Waals surface area (Å²) in [5.74, 6) is 0.718. The Labute approximate surface area is 154 Å². The number of fused-ring (bicyclic) bond motifs is 1. The smallest absolute Gasteiger partial charge is 0.226 e. The first kappa shape index (κ1) is 16.4. The molecule has 1 saturated carbocycles. The Hall–Kier alpha value is -2.05. The number of aromatic hydroxyl groups is 1. The molecule has 6 nitrogen and oxygen atoms in total. The number of phenolic OH excluding ortho intramolecular Hbond substituents is 1. The van der Waals surface area contributed by atoms with Gasteiger partial charge in [-0.2, -0.15) is 9.97 Å². The van der Waals surface area contributed by atoms with E-state index in [9.17, 15) is 5.11 Å². The van der Waals surface area contributed by atoms with Crippen LogP contribution in [0.5, 0.6) is 5.75 Å². The average molecular weight is 378 g/mol. The molecule has 0 bridgehead atoms. The second-order valence-corrected chi connectivity index (χ2v) is 7.00. The van der Waals surface area contributed by atoms with Gasteiger partial charge in [-0.15, -0.1) is 0 Å². The Balaban J connectivity index is 1.66. The minimum Gasteiger partial charge on any atom is -0.508 e. The summed E-state index contributed by atoms with van der Waals surface area (Å²) in [5.41, 5.74) is 2.09. The van der Waals surface area contributed by atoms with Gasteiger partial charge in [0.05, 0.1) is 6.33 Å². The standard InChI is InChI=1S/C17H17Cl2N5O/c18-11-5-6-13(25)10(7-11)8-20-15-14-16(23-17(19)22-15)24(9-21-14)12-3-1-2-4-12/h5-7,9,12,25H,1-4,8H2,(H,20,22,23). The molecule has 0 atom stereocenters. The molecular formula is C17H17Cl2N5O. The number of anilines is 1. The van der Waals surface area contributed by atoms with Gasteiger partial charge in [0.2, 0.25) is 5.28 Å². The Bertz CT molecular complexity index is 921. The maximum atomic E-state index is 9.95. The third-order valence-electron chi connectivity index (χ3n) is 4.60. The van der Waals surface area contributed by atoms with Crippen LogP contribution in [0, 0.1) is 0 Å². The van der Waals surface area contributed by atoms with Gasteiger partial charge >= 0.3 is 0 Å². The molecule has 25 heavy (non-hydrogen) atoms. The molecule has 2 heterocycles. The van der Waals surface area contributed by atoms with E-state index in [0.29, 0.717) is 34.5 Å². The van der Waals surface area contributed by atoms with Gasteiger partial charge < -0.3 is 15.0 Å². The van der Waals surface area contributed by atoms with Crippen LogP contribution in [0.15, 0.2) is 24.5 Å². The first-order valence-electron chi connectivity index (χ1n) is 8.23. The monoisotopic (exact) mass is 377 g/mol. The maximum absolute atomic E-state index is 9.95. The van der Waals surface area contributed by atoms with Crippen LogP contribution < -0.4 is 5.32 Å². The minimum absolute atomic E-state index is 0.171. The largest absolute Gasteiger partial charge is 0.508 e. The fraction of sp³-hybridized carbons (Fsp3) is 0.353. The number of rotatable bonds is 4. The van der Waals surface area contributed by atoms with E-state index in [0.717, 1.165) is 18.5 Å². The topological polar surface area (TPSA) is 75.9 Å². The quantitative estimate of drug-likeness (QED) is 0.651. The highest BCUT2D eigenvalue weighted by Gasteiger charge is 2.21. The zero-order chi connectivity index (χ0) is 17.4. The third-order valence-corrected chi connectivity index (χ3v) is 5.00. The van der Waals surface area contributed by atoms with Crippen molar-refractivity contribution in [2.75, 3.05) is 5.32 Å². The van der Waals surface area contributed by atoms with Gasteiger partial charge in [-0.25, -0.2) is 4.98 Å². The molecule has 1 aliphatic rings. The van der Waals surface area contributed by atoms with Crippen molar-refractivity contribution < 1.29 is 5.11 Å². The molecule has 0 unspecified atom stereocenters. The van der Waals surface area contributed by atoms with Crippen LogP contribution in [0.3, 0.4) is 0 Å². The van der Waals surface area contributed by atoms with Crippen LogP contribution in [-0.4, -0.2) is 24.6 Å². The van der Waals surface area contributed by atoms with Crippen molar-refractivity contribution in [1.29, 1.82) is 0 Å². The summed E-state index contributed by atoms with van der Waals surface area (Å²) in [6.07, 6.45) is 6.52. The fourth-order valence-corrected chi connectivity index (χ4v) is 3.70. The predicted octanol–water partition coefficient (Wildman–Crippen LogP) is 4.57. The number of nitrogens with zero attached hydrogens (tertiary/aromatic N) is 4. The van der Waals surface area contributed by atoms with Crippen molar-refractivity contribution in [1.82, 2.24) is 19.5 Å². The summed E-state index contributed by atoms with van der Waals surface area (Å²) in [6, 6.07) is 5.34. The molecule has 3 aromatic rings. The lowest BCUT2D eigenvalue weighted by Crippen LogP contribution is -2.06. The second-order valence-electron chi connectivity index (χ2n) is 6.23. The van der Waals surface area contributed by atoms with Crippen molar-refractivity contribution in [3.8, 4) is 5.75 Å². The highest BCUT2D eigenvalue weighted by atomic mass is 35.5. The Morgan fingerprint density at radius 1 is 1.20 bits per heavy atom. The van der Waals surface area contributed by atoms with Gasteiger partial charge in [-0.05, 0) is 42.6 Å². The summed E-state index contributed by atoms with van der Waals surface area (Å²) in [6.45, 7) is 0.352. The van der Waals surface area contributed by atoms with Crippen molar-refractivity contribution in [2.24, 2.45) is 0 Å². The van der Waals surface area contributed by atoms with Gasteiger partial charge in [0.1, 0.15) is 5.75 Å². The van der Waals surface area contributed by atoms with E-state index in [1.165, 1.54) is 12.8 Å². The van der Waals surface area contributed by atoms with Gasteiger partial charge in [-0.3, -0.25) is 0 Å². The molecule has 1 fully saturated rings. The molecule has 1 aromatic carbocycles. The van der Waals surface area contributed by atoms with E-state index < -0.39 is 0 Å². The van der Waals surface area contributed by atoms with E-state index in [1.54, 1.807) is 18.2 Å². The lowest BCUT2D eigenvalue weighted by atomic mass is 10.2. The number of phenols is 1. The molecule has 4 rings (SSSR count). The van der Waals surface area contributed by atoms with Crippen molar-refractivity contribution >= 4 is 40.2 Å². The summed E-state index contributed by atoms with van der Waals surface area (Å²) >= 11 is 12.1. The molecular weight excluding hydrogens is 361 g/mol. The zero-order valence-electron chi connectivity index (χ0n) is 13.4. The lowest BCUT2D eigenvalue weighted by molar-refractivity contribution is 0.469. The first-order chi connectivity index (χ1) is 12.1. The second kappa shape index (κ2) is 6.69. The number of imidazole rings is 1. The molecule has 2 N–H and O–H groups in total. The third kappa shape index (κ3) is 3.24. The summed E-state index contributed by atoms with van der Waals surface area (Å²) < 4.78 is 2.10. The van der Waals surface area contributed by atoms with Gasteiger partial charge in [0, 0.05) is 23.2 Å². The van der Waals surface area contributed by atoms with Crippen LogP contribution >= 0.6 is 23.2 Å². The summed E-state index contributed by atoms with van der Waals surface area (Å²) in [7, 11) is 0. The van der Waals surface area contributed by atoms with E-state index in [2.05, 4.69) is 24.8 Å². The van der Waals surface area contributed by atoms with Crippen molar-refractivity contribution in [2.45, 2.75) is 38.3 Å². The molecule has 0 radical (unpaired) electrons. The molecule has 0 aliphatic heterocycles. The van der Waals surface area contributed by atoms with Crippen LogP contribution in [0.1, 0.15) is 37.3 Å². The predicted molar refractivity (Wildman–Crippen MR) is 98.3 cm³/mol. The molecule has 130 valence electrons. The molecule has 8 heteroatoms. The number of halogens is 2. The van der Waals surface area contributed by atoms with Gasteiger partial charge in [-0.1, -0.05) is 24.4 Å². The Kier molecular flexibility index (Phi) is 4.39. The zero-order valence-corrected chi connectivity index (χ0v) is 14.9. The van der Waals surface area contributed by atoms with Crippen LogP contribution in [-0.2, 0) is 6.54 Å². The normalized spacial score (nSPS) is 15.1. The molecule has 1 aliphatic carbocycles. The Morgan fingerprint density at radius 2 is 2.00 bits per heavy atom. The van der Waals surface area contributed by atoms with Gasteiger partial charge in [0.25, 0.3) is 0 Å². The van der Waals surface area contributed by atoms with Crippen LogP contribution in [0.4, 0.5) is 5.82 Å². The van der Waals surface area contributed by atoms with E-state index in [1.807, 2.05) is 6.33 Å². The number of benzene rings is 1. The summed E-state index contributed by atoms with van der Waals surface area (Å²) in [5, 5.41) is 13.9. The van der Waals surface area contributed by atoms with Crippen molar-refractivity contribution in [3.05, 3.63) is 40.4 Å². The van der Waals surface area contributed by atoms with Crippen LogP contribution in [0.25, 0.3) is 11.2 Å². The highest BCUT2D eigenvalue weighted by Crippen LogP contribution is 2.33. The minimum atomic E-state index is 0.171. The number of aromatic nitrogens is 4.